The highest BCUT2D eigenvalue weighted by molar-refractivity contribution is 7.07. The lowest BCUT2D eigenvalue weighted by molar-refractivity contribution is -0.148. The molecular formula is C15H20N2O3S. The Bertz CT molecular complexity index is 520. The molecule has 1 amide bonds. The smallest absolute Gasteiger partial charge is 0.306 e. The number of thiophene rings is 1. The fraction of sp³-hybridized carbons (Fsp3) is 0.533. The molecule has 0 aromatic carbocycles. The van der Waals surface area contributed by atoms with Gasteiger partial charge >= 0.3 is 5.97 Å². The lowest BCUT2D eigenvalue weighted by Gasteiger charge is -2.27. The first-order valence-corrected chi connectivity index (χ1v) is 7.70. The van der Waals surface area contributed by atoms with Gasteiger partial charge in [-0.2, -0.15) is 16.6 Å². The van der Waals surface area contributed by atoms with Crippen molar-refractivity contribution in [2.45, 2.75) is 39.2 Å². The first-order chi connectivity index (χ1) is 9.87. The van der Waals surface area contributed by atoms with E-state index in [-0.39, 0.29) is 18.9 Å². The molecule has 1 rings (SSSR count). The van der Waals surface area contributed by atoms with Crippen LogP contribution in [0.4, 0.5) is 0 Å². The van der Waals surface area contributed by atoms with Crippen molar-refractivity contribution in [1.29, 1.82) is 5.26 Å². The Kier molecular flexibility index (Phi) is 6.38. The van der Waals surface area contributed by atoms with E-state index in [1.165, 1.54) is 0 Å². The molecule has 0 unspecified atom stereocenters. The standard InChI is InChI=1S/C15H20N2O3S/c1-11(2)15(3,10-16)17-13(18)8-20-14(19)5-4-12-6-7-21-9-12/h6-7,9,11H,4-5,8H2,1-3H3,(H,17,18)/t15-/m1/s1. The molecule has 0 saturated heterocycles. The average molecular weight is 308 g/mol. The molecule has 1 aromatic heterocycles. The van der Waals surface area contributed by atoms with Crippen LogP contribution in [0.1, 0.15) is 32.8 Å². The van der Waals surface area contributed by atoms with E-state index in [9.17, 15) is 9.59 Å². The molecule has 0 fully saturated rings. The highest BCUT2D eigenvalue weighted by Gasteiger charge is 2.30. The number of carbonyl (C=O) groups is 2. The van der Waals surface area contributed by atoms with Crippen molar-refractivity contribution in [3.63, 3.8) is 0 Å². The van der Waals surface area contributed by atoms with Crippen LogP contribution in [-0.2, 0) is 20.7 Å². The Hall–Kier alpha value is -1.87. The molecule has 1 atom stereocenters. The van der Waals surface area contributed by atoms with Crippen LogP contribution in [0.3, 0.4) is 0 Å². The molecule has 1 heterocycles. The van der Waals surface area contributed by atoms with E-state index in [0.717, 1.165) is 5.56 Å². The first kappa shape index (κ1) is 17.2. The third-order valence-electron chi connectivity index (χ3n) is 3.35. The maximum atomic E-state index is 11.7. The largest absolute Gasteiger partial charge is 0.456 e. The van der Waals surface area contributed by atoms with Crippen molar-refractivity contribution in [3.05, 3.63) is 22.4 Å². The minimum absolute atomic E-state index is 0.0410. The van der Waals surface area contributed by atoms with Crippen LogP contribution >= 0.6 is 11.3 Å². The normalized spacial score (nSPS) is 13.3. The summed E-state index contributed by atoms with van der Waals surface area (Å²) in [6.07, 6.45) is 0.843. The highest BCUT2D eigenvalue weighted by atomic mass is 32.1. The fourth-order valence-corrected chi connectivity index (χ4v) is 2.23. The number of carbonyl (C=O) groups excluding carboxylic acids is 2. The third-order valence-corrected chi connectivity index (χ3v) is 4.08. The molecule has 0 saturated carbocycles. The van der Waals surface area contributed by atoms with Gasteiger partial charge in [-0.1, -0.05) is 13.8 Å². The zero-order valence-electron chi connectivity index (χ0n) is 12.5. The van der Waals surface area contributed by atoms with Crippen LogP contribution in [0, 0.1) is 17.2 Å². The van der Waals surface area contributed by atoms with Gasteiger partial charge in [0, 0.05) is 6.42 Å². The summed E-state index contributed by atoms with van der Waals surface area (Å²) in [5.74, 6) is -0.920. The molecule has 0 bridgehead atoms. The molecular weight excluding hydrogens is 288 g/mol. The third kappa shape index (κ3) is 5.56. The van der Waals surface area contributed by atoms with Gasteiger partial charge in [0.15, 0.2) is 6.61 Å². The maximum Gasteiger partial charge on any atom is 0.306 e. The van der Waals surface area contributed by atoms with E-state index in [2.05, 4.69) is 11.4 Å². The van der Waals surface area contributed by atoms with E-state index < -0.39 is 17.4 Å². The number of esters is 1. The lowest BCUT2D eigenvalue weighted by Crippen LogP contribution is -2.50. The number of rotatable bonds is 7. The quantitative estimate of drug-likeness (QED) is 0.784. The van der Waals surface area contributed by atoms with E-state index in [0.29, 0.717) is 6.42 Å². The summed E-state index contributed by atoms with van der Waals surface area (Å²) in [5.41, 5.74) is 0.124. The second-order valence-corrected chi connectivity index (χ2v) is 6.09. The van der Waals surface area contributed by atoms with Crippen LogP contribution in [0.15, 0.2) is 16.8 Å². The van der Waals surface area contributed by atoms with Crippen molar-refractivity contribution in [1.82, 2.24) is 5.32 Å². The first-order valence-electron chi connectivity index (χ1n) is 6.76. The molecule has 0 aliphatic carbocycles. The summed E-state index contributed by atoms with van der Waals surface area (Å²) in [6, 6.07) is 4.02. The van der Waals surface area contributed by atoms with Crippen LogP contribution in [0.2, 0.25) is 0 Å². The van der Waals surface area contributed by atoms with Gasteiger partial charge in [0.05, 0.1) is 6.07 Å². The molecule has 6 heteroatoms. The van der Waals surface area contributed by atoms with Crippen LogP contribution in [0.5, 0.6) is 0 Å². The topological polar surface area (TPSA) is 79.2 Å². The molecule has 21 heavy (non-hydrogen) atoms. The van der Waals surface area contributed by atoms with E-state index in [4.69, 9.17) is 10.00 Å². The van der Waals surface area contributed by atoms with Crippen molar-refractivity contribution in [2.24, 2.45) is 5.92 Å². The lowest BCUT2D eigenvalue weighted by atomic mass is 9.90. The summed E-state index contributed by atoms with van der Waals surface area (Å²) in [6.45, 7) is 4.98. The fourth-order valence-electron chi connectivity index (χ4n) is 1.53. The van der Waals surface area contributed by atoms with Gasteiger partial charge in [-0.3, -0.25) is 9.59 Å². The monoisotopic (exact) mass is 308 g/mol. The Balaban J connectivity index is 2.32. The van der Waals surface area contributed by atoms with Crippen molar-refractivity contribution in [3.8, 4) is 6.07 Å². The molecule has 1 aromatic rings. The molecule has 5 nitrogen and oxygen atoms in total. The summed E-state index contributed by atoms with van der Waals surface area (Å²) in [4.78, 5) is 23.3. The van der Waals surface area contributed by atoms with Gasteiger partial charge in [0.1, 0.15) is 5.54 Å². The number of hydrogen-bond acceptors (Lipinski definition) is 5. The zero-order valence-corrected chi connectivity index (χ0v) is 13.3. The molecule has 0 spiro atoms. The van der Waals surface area contributed by atoms with Gasteiger partial charge < -0.3 is 10.1 Å². The van der Waals surface area contributed by atoms with Gasteiger partial charge in [0.2, 0.25) is 0 Å². The van der Waals surface area contributed by atoms with Gasteiger partial charge in [-0.25, -0.2) is 0 Å². The Morgan fingerprint density at radius 3 is 2.76 bits per heavy atom. The Morgan fingerprint density at radius 1 is 1.52 bits per heavy atom. The molecule has 114 valence electrons. The van der Waals surface area contributed by atoms with Gasteiger partial charge in [0.25, 0.3) is 5.91 Å². The molecule has 0 aliphatic heterocycles. The van der Waals surface area contributed by atoms with E-state index in [1.807, 2.05) is 30.7 Å². The number of aryl methyl sites for hydroxylation is 1. The number of nitrogens with zero attached hydrogens (tertiary/aromatic N) is 1. The molecule has 0 aliphatic rings. The van der Waals surface area contributed by atoms with Gasteiger partial charge in [-0.15, -0.1) is 0 Å². The number of ether oxygens (including phenoxy) is 1. The Labute approximate surface area is 128 Å². The van der Waals surface area contributed by atoms with Crippen molar-refractivity contribution >= 4 is 23.2 Å². The predicted octanol–water partition coefficient (Wildman–Crippen LogP) is 2.28. The highest BCUT2D eigenvalue weighted by Crippen LogP contribution is 2.14. The maximum absolute atomic E-state index is 11.7. The second-order valence-electron chi connectivity index (χ2n) is 5.31. The van der Waals surface area contributed by atoms with Crippen LogP contribution < -0.4 is 5.32 Å². The average Bonchev–Trinajstić information content (AvgIpc) is 2.95. The summed E-state index contributed by atoms with van der Waals surface area (Å²) in [5, 5.41) is 15.6. The number of nitriles is 1. The minimum atomic E-state index is -0.958. The van der Waals surface area contributed by atoms with Crippen LogP contribution in [-0.4, -0.2) is 24.0 Å². The number of nitrogens with one attached hydrogen (secondary N) is 1. The number of hydrogen-bond donors (Lipinski definition) is 1. The summed E-state index contributed by atoms with van der Waals surface area (Å²) >= 11 is 1.57. The molecule has 1 N–H and O–H groups in total. The second kappa shape index (κ2) is 7.79. The summed E-state index contributed by atoms with van der Waals surface area (Å²) < 4.78 is 4.92. The SMILES string of the molecule is CC(C)[C@@](C)(C#N)NC(=O)COC(=O)CCc1ccsc1. The minimum Gasteiger partial charge on any atom is -0.456 e. The van der Waals surface area contributed by atoms with Gasteiger partial charge in [-0.05, 0) is 41.7 Å². The number of amides is 1. The van der Waals surface area contributed by atoms with Crippen molar-refractivity contribution < 1.29 is 14.3 Å². The summed E-state index contributed by atoms with van der Waals surface area (Å²) in [7, 11) is 0. The predicted molar refractivity (Wildman–Crippen MR) is 80.6 cm³/mol. The Morgan fingerprint density at radius 2 is 2.24 bits per heavy atom. The molecule has 0 radical (unpaired) electrons. The van der Waals surface area contributed by atoms with Crippen molar-refractivity contribution in [2.75, 3.05) is 6.61 Å². The zero-order chi connectivity index (χ0) is 15.9. The van der Waals surface area contributed by atoms with Crippen LogP contribution in [0.25, 0.3) is 0 Å². The van der Waals surface area contributed by atoms with E-state index in [1.54, 1.807) is 18.3 Å². The van der Waals surface area contributed by atoms with E-state index >= 15 is 0 Å².